The predicted octanol–water partition coefficient (Wildman–Crippen LogP) is 2.23. The summed E-state index contributed by atoms with van der Waals surface area (Å²) in [6, 6.07) is 2.22. The lowest BCUT2D eigenvalue weighted by Crippen LogP contribution is -2.20. The number of rotatable bonds is 3. The lowest BCUT2D eigenvalue weighted by molar-refractivity contribution is 0.100. The summed E-state index contributed by atoms with van der Waals surface area (Å²) in [5.74, 6) is 0.0593. The van der Waals surface area contributed by atoms with Gasteiger partial charge in [-0.05, 0) is 44.6 Å². The van der Waals surface area contributed by atoms with Crippen LogP contribution in [0.25, 0.3) is 10.2 Å². The number of carbonyl (C=O) groups excluding carboxylic acids is 1. The van der Waals surface area contributed by atoms with Crippen molar-refractivity contribution < 1.29 is 9.90 Å². The molecule has 1 fully saturated rings. The van der Waals surface area contributed by atoms with E-state index in [1.165, 1.54) is 11.3 Å². The minimum atomic E-state index is -0.374. The van der Waals surface area contributed by atoms with E-state index in [0.717, 1.165) is 41.6 Å². The van der Waals surface area contributed by atoms with Crippen molar-refractivity contribution in [1.82, 2.24) is 9.78 Å². The lowest BCUT2D eigenvalue weighted by atomic mass is 9.87. The highest BCUT2D eigenvalue weighted by molar-refractivity contribution is 7.20. The van der Waals surface area contributed by atoms with Gasteiger partial charge in [0.1, 0.15) is 4.83 Å². The first-order valence-corrected chi connectivity index (χ1v) is 7.81. The molecular formula is C14H19N3O2S. The molecule has 2 aromatic rings. The van der Waals surface area contributed by atoms with Crippen molar-refractivity contribution in [3.8, 4) is 0 Å². The Morgan fingerprint density at radius 2 is 2.20 bits per heavy atom. The highest BCUT2D eigenvalue weighted by Crippen LogP contribution is 2.36. The summed E-state index contributed by atoms with van der Waals surface area (Å²) < 4.78 is 2.06. The zero-order chi connectivity index (χ0) is 14.3. The van der Waals surface area contributed by atoms with Crippen LogP contribution in [-0.4, -0.2) is 27.4 Å². The third-order valence-electron chi connectivity index (χ3n) is 4.23. The van der Waals surface area contributed by atoms with Crippen LogP contribution < -0.4 is 5.73 Å². The number of nitrogens with two attached hydrogens (primary N) is 1. The van der Waals surface area contributed by atoms with Crippen molar-refractivity contribution in [2.45, 2.75) is 38.6 Å². The van der Waals surface area contributed by atoms with Crippen molar-refractivity contribution in [3.05, 3.63) is 16.6 Å². The minimum Gasteiger partial charge on any atom is -0.396 e. The van der Waals surface area contributed by atoms with E-state index < -0.39 is 0 Å². The second-order valence-corrected chi connectivity index (χ2v) is 6.61. The average Bonchev–Trinajstić information content (AvgIpc) is 3.00. The molecule has 2 heterocycles. The smallest absolute Gasteiger partial charge is 0.258 e. The number of aliphatic hydroxyl groups excluding tert-OH is 1. The number of primary amides is 1. The van der Waals surface area contributed by atoms with Crippen LogP contribution in [0.5, 0.6) is 0 Å². The zero-order valence-corrected chi connectivity index (χ0v) is 12.3. The molecule has 0 radical (unpaired) electrons. The van der Waals surface area contributed by atoms with Gasteiger partial charge >= 0.3 is 0 Å². The molecule has 1 aliphatic carbocycles. The molecule has 0 bridgehead atoms. The van der Waals surface area contributed by atoms with E-state index >= 15 is 0 Å². The molecule has 0 unspecified atom stereocenters. The van der Waals surface area contributed by atoms with Crippen LogP contribution in [-0.2, 0) is 0 Å². The van der Waals surface area contributed by atoms with Gasteiger partial charge in [-0.1, -0.05) is 0 Å². The third-order valence-corrected chi connectivity index (χ3v) is 5.37. The normalized spacial score (nSPS) is 23.3. The van der Waals surface area contributed by atoms with Crippen molar-refractivity contribution in [3.63, 3.8) is 0 Å². The molecule has 6 heteroatoms. The molecule has 3 N–H and O–H groups in total. The summed E-state index contributed by atoms with van der Waals surface area (Å²) >= 11 is 1.43. The van der Waals surface area contributed by atoms with E-state index in [1.807, 2.05) is 13.0 Å². The monoisotopic (exact) mass is 293 g/mol. The van der Waals surface area contributed by atoms with Crippen LogP contribution in [0.3, 0.4) is 0 Å². The maximum absolute atomic E-state index is 11.3. The Kier molecular flexibility index (Phi) is 3.52. The molecule has 5 nitrogen and oxygen atoms in total. The van der Waals surface area contributed by atoms with Gasteiger partial charge in [-0.25, -0.2) is 0 Å². The van der Waals surface area contributed by atoms with Crippen molar-refractivity contribution in [1.29, 1.82) is 0 Å². The second-order valence-electron chi connectivity index (χ2n) is 5.58. The summed E-state index contributed by atoms with van der Waals surface area (Å²) in [5, 5.41) is 14.9. The summed E-state index contributed by atoms with van der Waals surface area (Å²) in [7, 11) is 0. The maximum Gasteiger partial charge on any atom is 0.258 e. The fourth-order valence-electron chi connectivity index (χ4n) is 3.01. The predicted molar refractivity (Wildman–Crippen MR) is 78.9 cm³/mol. The first-order valence-electron chi connectivity index (χ1n) is 6.99. The van der Waals surface area contributed by atoms with E-state index in [-0.39, 0.29) is 12.5 Å². The van der Waals surface area contributed by atoms with Gasteiger partial charge in [0.05, 0.1) is 16.6 Å². The van der Waals surface area contributed by atoms with Gasteiger partial charge in [0.2, 0.25) is 0 Å². The van der Waals surface area contributed by atoms with Gasteiger partial charge in [-0.15, -0.1) is 11.3 Å². The van der Waals surface area contributed by atoms with E-state index in [1.54, 1.807) is 0 Å². The molecule has 20 heavy (non-hydrogen) atoms. The molecular weight excluding hydrogens is 274 g/mol. The van der Waals surface area contributed by atoms with Gasteiger partial charge in [-0.3, -0.25) is 9.48 Å². The second kappa shape index (κ2) is 5.18. The maximum atomic E-state index is 11.3. The average molecular weight is 293 g/mol. The number of fused-ring (bicyclic) bond motifs is 1. The summed E-state index contributed by atoms with van der Waals surface area (Å²) in [6.07, 6.45) is 4.14. The molecule has 3 rings (SSSR count). The van der Waals surface area contributed by atoms with Crippen molar-refractivity contribution in [2.75, 3.05) is 6.61 Å². The van der Waals surface area contributed by atoms with E-state index in [0.29, 0.717) is 16.8 Å². The van der Waals surface area contributed by atoms with Crippen LogP contribution in [0.1, 0.15) is 47.1 Å². The molecule has 0 spiro atoms. The van der Waals surface area contributed by atoms with Crippen LogP contribution in [0.4, 0.5) is 0 Å². The number of aliphatic hydroxyl groups is 1. The fraction of sp³-hybridized carbons (Fsp3) is 0.571. The Bertz CT molecular complexity index is 638. The Labute approximate surface area is 121 Å². The Hall–Kier alpha value is -1.40. The number of nitrogens with zero attached hydrogens (tertiary/aromatic N) is 2. The SMILES string of the molecule is Cc1nn(C2CCC(CO)CC2)c2sc(C(N)=O)cc12. The highest BCUT2D eigenvalue weighted by atomic mass is 32.1. The highest BCUT2D eigenvalue weighted by Gasteiger charge is 2.25. The van der Waals surface area contributed by atoms with Gasteiger partial charge in [0.15, 0.2) is 0 Å². The van der Waals surface area contributed by atoms with Gasteiger partial charge in [0, 0.05) is 12.0 Å². The van der Waals surface area contributed by atoms with Crippen LogP contribution >= 0.6 is 11.3 Å². The zero-order valence-electron chi connectivity index (χ0n) is 11.5. The topological polar surface area (TPSA) is 81.1 Å². The largest absolute Gasteiger partial charge is 0.396 e. The minimum absolute atomic E-state index is 0.283. The molecule has 1 aliphatic rings. The quantitative estimate of drug-likeness (QED) is 0.910. The molecule has 1 amide bonds. The molecule has 0 atom stereocenters. The molecule has 0 saturated heterocycles. The number of hydrogen-bond acceptors (Lipinski definition) is 4. The molecule has 0 aliphatic heterocycles. The Morgan fingerprint density at radius 1 is 1.50 bits per heavy atom. The van der Waals surface area contributed by atoms with Crippen LogP contribution in [0, 0.1) is 12.8 Å². The standard InChI is InChI=1S/C14H19N3O2S/c1-8-11-6-12(13(15)19)20-14(11)17(16-8)10-4-2-9(7-18)3-5-10/h6,9-10,18H,2-5,7H2,1H3,(H2,15,19). The molecule has 0 aromatic carbocycles. The number of aromatic nitrogens is 2. The van der Waals surface area contributed by atoms with E-state index in [4.69, 9.17) is 5.73 Å². The third kappa shape index (κ3) is 2.23. The fourth-order valence-corrected chi connectivity index (χ4v) is 4.10. The van der Waals surface area contributed by atoms with Crippen molar-refractivity contribution >= 4 is 27.5 Å². The Balaban J connectivity index is 1.93. The van der Waals surface area contributed by atoms with Crippen molar-refractivity contribution in [2.24, 2.45) is 11.7 Å². The van der Waals surface area contributed by atoms with Crippen LogP contribution in [0.2, 0.25) is 0 Å². The van der Waals surface area contributed by atoms with E-state index in [2.05, 4.69) is 9.78 Å². The summed E-state index contributed by atoms with van der Waals surface area (Å²) in [6.45, 7) is 2.25. The number of hydrogen-bond donors (Lipinski definition) is 2. The Morgan fingerprint density at radius 3 is 2.80 bits per heavy atom. The first-order chi connectivity index (χ1) is 9.60. The van der Waals surface area contributed by atoms with E-state index in [9.17, 15) is 9.90 Å². The van der Waals surface area contributed by atoms with Gasteiger partial charge < -0.3 is 10.8 Å². The molecule has 108 valence electrons. The molecule has 1 saturated carbocycles. The lowest BCUT2D eigenvalue weighted by Gasteiger charge is -2.27. The molecule has 2 aromatic heterocycles. The number of thiophene rings is 1. The van der Waals surface area contributed by atoms with Gasteiger partial charge in [-0.2, -0.15) is 5.10 Å². The van der Waals surface area contributed by atoms with Gasteiger partial charge in [0.25, 0.3) is 5.91 Å². The number of amides is 1. The number of aryl methyl sites for hydroxylation is 1. The first kappa shape index (κ1) is 13.6. The summed E-state index contributed by atoms with van der Waals surface area (Å²) in [5.41, 5.74) is 6.32. The summed E-state index contributed by atoms with van der Waals surface area (Å²) in [4.78, 5) is 13.0. The number of carbonyl (C=O) groups is 1. The van der Waals surface area contributed by atoms with Crippen LogP contribution in [0.15, 0.2) is 6.07 Å².